The van der Waals surface area contributed by atoms with Gasteiger partial charge in [0.1, 0.15) is 0 Å². The van der Waals surface area contributed by atoms with Crippen molar-refractivity contribution in [1.82, 2.24) is 0 Å². The van der Waals surface area contributed by atoms with Gasteiger partial charge in [-0.05, 0) is 59.8 Å². The van der Waals surface area contributed by atoms with E-state index in [1.54, 1.807) is 42.5 Å². The van der Waals surface area contributed by atoms with Gasteiger partial charge in [-0.3, -0.25) is 9.59 Å². The third-order valence-corrected chi connectivity index (χ3v) is 3.88. The molecule has 2 aromatic carbocycles. The Hall–Kier alpha value is -1.40. The van der Waals surface area contributed by atoms with Crippen LogP contribution in [-0.4, -0.2) is 11.7 Å². The Bertz CT molecular complexity index is 685. The zero-order valence-electron chi connectivity index (χ0n) is 10.6. The van der Waals surface area contributed by atoms with Gasteiger partial charge in [-0.15, -0.1) is 0 Å². The van der Waals surface area contributed by atoms with Crippen molar-refractivity contribution in [1.29, 1.82) is 0 Å². The molecule has 1 amide bonds. The summed E-state index contributed by atoms with van der Waals surface area (Å²) < 4.78 is 0.812. The van der Waals surface area contributed by atoms with Crippen LogP contribution in [0.15, 0.2) is 42.5 Å². The highest BCUT2D eigenvalue weighted by molar-refractivity contribution is 14.1. The lowest BCUT2D eigenvalue weighted by atomic mass is 10.1. The molecule has 2 rings (SSSR count). The summed E-state index contributed by atoms with van der Waals surface area (Å²) in [5.41, 5.74) is 1.65. The first-order valence-corrected chi connectivity index (χ1v) is 7.30. The van der Waals surface area contributed by atoms with Crippen molar-refractivity contribution in [2.75, 3.05) is 5.32 Å². The molecular weight excluding hydrogens is 389 g/mol. The molecule has 0 unspecified atom stereocenters. The number of anilines is 1. The topological polar surface area (TPSA) is 46.2 Å². The van der Waals surface area contributed by atoms with E-state index < -0.39 is 0 Å². The molecule has 102 valence electrons. The number of ketones is 1. The number of rotatable bonds is 3. The zero-order valence-corrected chi connectivity index (χ0v) is 13.5. The minimum absolute atomic E-state index is 0.0431. The molecule has 0 spiro atoms. The van der Waals surface area contributed by atoms with Gasteiger partial charge in [-0.2, -0.15) is 0 Å². The number of Topliss-reactive ketones (excluding diaryl/α,β-unsaturated/α-hetero) is 1. The van der Waals surface area contributed by atoms with Crippen LogP contribution in [0.5, 0.6) is 0 Å². The van der Waals surface area contributed by atoms with Crippen molar-refractivity contribution < 1.29 is 9.59 Å². The Kier molecular flexibility index (Phi) is 4.77. The SMILES string of the molecule is CC(=O)c1cccc(NC(=O)c2cc(Cl)ccc2I)c1. The molecule has 0 aliphatic heterocycles. The number of amides is 1. The molecule has 0 heterocycles. The van der Waals surface area contributed by atoms with Crippen LogP contribution in [0.2, 0.25) is 5.02 Å². The summed E-state index contributed by atoms with van der Waals surface area (Å²) in [5.74, 6) is -0.295. The number of benzene rings is 2. The van der Waals surface area contributed by atoms with E-state index in [4.69, 9.17) is 11.6 Å². The summed E-state index contributed by atoms with van der Waals surface area (Å²) in [7, 11) is 0. The number of carbonyl (C=O) groups excluding carboxylic acids is 2. The maximum atomic E-state index is 12.2. The van der Waals surface area contributed by atoms with E-state index >= 15 is 0 Å². The van der Waals surface area contributed by atoms with Crippen LogP contribution in [0, 0.1) is 3.57 Å². The van der Waals surface area contributed by atoms with Crippen molar-refractivity contribution >= 4 is 51.6 Å². The molecule has 5 heteroatoms. The van der Waals surface area contributed by atoms with Gasteiger partial charge in [-0.1, -0.05) is 23.7 Å². The number of hydrogen-bond acceptors (Lipinski definition) is 2. The summed E-state index contributed by atoms with van der Waals surface area (Å²) in [4.78, 5) is 23.5. The van der Waals surface area contributed by atoms with Crippen molar-refractivity contribution in [3.8, 4) is 0 Å². The molecule has 1 N–H and O–H groups in total. The molecule has 0 saturated carbocycles. The Morgan fingerprint density at radius 1 is 1.15 bits per heavy atom. The Labute approximate surface area is 135 Å². The summed E-state index contributed by atoms with van der Waals surface area (Å²) in [6, 6.07) is 12.0. The molecule has 0 aliphatic carbocycles. The predicted octanol–water partition coefficient (Wildman–Crippen LogP) is 4.40. The van der Waals surface area contributed by atoms with E-state index in [-0.39, 0.29) is 11.7 Å². The quantitative estimate of drug-likeness (QED) is 0.614. The third-order valence-electron chi connectivity index (χ3n) is 2.70. The first kappa shape index (κ1) is 15.0. The lowest BCUT2D eigenvalue weighted by Gasteiger charge is -2.08. The Balaban J connectivity index is 2.25. The third kappa shape index (κ3) is 3.58. The van der Waals surface area contributed by atoms with E-state index in [1.165, 1.54) is 6.92 Å². The van der Waals surface area contributed by atoms with Crippen molar-refractivity contribution in [2.24, 2.45) is 0 Å². The molecule has 2 aromatic rings. The highest BCUT2D eigenvalue weighted by Gasteiger charge is 2.11. The van der Waals surface area contributed by atoms with Gasteiger partial charge >= 0.3 is 0 Å². The van der Waals surface area contributed by atoms with Crippen LogP contribution in [0.25, 0.3) is 0 Å². The van der Waals surface area contributed by atoms with Crippen LogP contribution in [0.1, 0.15) is 27.6 Å². The molecular formula is C15H11ClINO2. The fourth-order valence-corrected chi connectivity index (χ4v) is 2.44. The molecule has 0 radical (unpaired) electrons. The van der Waals surface area contributed by atoms with Gasteiger partial charge in [0.2, 0.25) is 0 Å². The first-order chi connectivity index (χ1) is 9.47. The number of hydrogen-bond donors (Lipinski definition) is 1. The van der Waals surface area contributed by atoms with E-state index in [2.05, 4.69) is 27.9 Å². The maximum absolute atomic E-state index is 12.2. The number of nitrogens with one attached hydrogen (secondary N) is 1. The summed E-state index contributed by atoms with van der Waals surface area (Å²) in [5, 5.41) is 3.27. The van der Waals surface area contributed by atoms with Gasteiger partial charge in [0.15, 0.2) is 5.78 Å². The smallest absolute Gasteiger partial charge is 0.256 e. The second-order valence-corrected chi connectivity index (χ2v) is 5.81. The molecule has 0 atom stereocenters. The summed E-state index contributed by atoms with van der Waals surface area (Å²) in [6.45, 7) is 1.49. The highest BCUT2D eigenvalue weighted by Crippen LogP contribution is 2.20. The van der Waals surface area contributed by atoms with Gasteiger partial charge in [0.05, 0.1) is 5.56 Å². The van der Waals surface area contributed by atoms with Gasteiger partial charge in [0, 0.05) is 19.8 Å². The Morgan fingerprint density at radius 2 is 1.90 bits per heavy atom. The largest absolute Gasteiger partial charge is 0.322 e. The van der Waals surface area contributed by atoms with Crippen molar-refractivity contribution in [2.45, 2.75) is 6.92 Å². The lowest BCUT2D eigenvalue weighted by Crippen LogP contribution is -2.13. The number of carbonyl (C=O) groups is 2. The van der Waals surface area contributed by atoms with E-state index in [0.29, 0.717) is 21.8 Å². The van der Waals surface area contributed by atoms with Crippen molar-refractivity contribution in [3.05, 3.63) is 62.2 Å². The molecule has 0 aromatic heterocycles. The van der Waals surface area contributed by atoms with Crippen LogP contribution in [0.3, 0.4) is 0 Å². The molecule has 20 heavy (non-hydrogen) atoms. The van der Waals surface area contributed by atoms with Crippen LogP contribution < -0.4 is 5.32 Å². The average Bonchev–Trinajstić information content (AvgIpc) is 2.41. The van der Waals surface area contributed by atoms with Crippen LogP contribution in [-0.2, 0) is 0 Å². The molecule has 3 nitrogen and oxygen atoms in total. The monoisotopic (exact) mass is 399 g/mol. The fraction of sp³-hybridized carbons (Fsp3) is 0.0667. The normalized spacial score (nSPS) is 10.2. The van der Waals surface area contributed by atoms with E-state index in [9.17, 15) is 9.59 Å². The van der Waals surface area contributed by atoms with Crippen LogP contribution >= 0.6 is 34.2 Å². The summed E-state index contributed by atoms with van der Waals surface area (Å²) >= 11 is 7.98. The predicted molar refractivity (Wildman–Crippen MR) is 88.6 cm³/mol. The summed E-state index contributed by atoms with van der Waals surface area (Å²) in [6.07, 6.45) is 0. The van der Waals surface area contributed by atoms with Gasteiger partial charge in [-0.25, -0.2) is 0 Å². The lowest BCUT2D eigenvalue weighted by molar-refractivity contribution is 0.101. The van der Waals surface area contributed by atoms with Crippen molar-refractivity contribution in [3.63, 3.8) is 0 Å². The standard InChI is InChI=1S/C15H11ClINO2/c1-9(19)10-3-2-4-12(7-10)18-15(20)13-8-11(16)5-6-14(13)17/h2-8H,1H3,(H,18,20). The average molecular weight is 400 g/mol. The minimum Gasteiger partial charge on any atom is -0.322 e. The second kappa shape index (κ2) is 6.37. The Morgan fingerprint density at radius 3 is 2.60 bits per heavy atom. The van der Waals surface area contributed by atoms with Crippen LogP contribution in [0.4, 0.5) is 5.69 Å². The highest BCUT2D eigenvalue weighted by atomic mass is 127. The molecule has 0 saturated heterocycles. The van der Waals surface area contributed by atoms with Gasteiger partial charge < -0.3 is 5.32 Å². The molecule has 0 aliphatic rings. The maximum Gasteiger partial charge on any atom is 0.256 e. The number of halogens is 2. The minimum atomic E-state index is -0.252. The second-order valence-electron chi connectivity index (χ2n) is 4.22. The van der Waals surface area contributed by atoms with E-state index in [0.717, 1.165) is 3.57 Å². The van der Waals surface area contributed by atoms with E-state index in [1.807, 2.05) is 0 Å². The van der Waals surface area contributed by atoms with Gasteiger partial charge in [0.25, 0.3) is 5.91 Å². The molecule has 0 bridgehead atoms. The zero-order chi connectivity index (χ0) is 14.7. The fourth-order valence-electron chi connectivity index (χ4n) is 1.69. The molecule has 0 fully saturated rings. The first-order valence-electron chi connectivity index (χ1n) is 5.85.